The Kier molecular flexibility index (Phi) is 6.26. The van der Waals surface area contributed by atoms with Gasteiger partial charge in [-0.05, 0) is 56.5 Å². The minimum absolute atomic E-state index is 0.0774. The molecule has 0 bridgehead atoms. The number of carbonyl (C=O) groups is 1. The van der Waals surface area contributed by atoms with Crippen molar-refractivity contribution >= 4 is 17.2 Å². The molecule has 5 aromatic rings. The number of rotatable bonds is 5. The molecule has 3 aromatic heterocycles. The van der Waals surface area contributed by atoms with Gasteiger partial charge in [0, 0.05) is 11.6 Å². The zero-order valence-corrected chi connectivity index (χ0v) is 21.3. The number of benzene rings is 2. The van der Waals surface area contributed by atoms with E-state index in [2.05, 4.69) is 20.5 Å². The van der Waals surface area contributed by atoms with Crippen molar-refractivity contribution in [3.63, 3.8) is 0 Å². The van der Waals surface area contributed by atoms with Gasteiger partial charge in [0.05, 0.1) is 29.3 Å². The second-order valence-electron chi connectivity index (χ2n) is 9.27. The molecule has 0 radical (unpaired) electrons. The van der Waals surface area contributed by atoms with E-state index in [4.69, 9.17) is 0 Å². The number of amides is 1. The van der Waals surface area contributed by atoms with Crippen LogP contribution >= 0.6 is 0 Å². The van der Waals surface area contributed by atoms with Crippen molar-refractivity contribution in [2.45, 2.75) is 40.4 Å². The van der Waals surface area contributed by atoms with Crippen molar-refractivity contribution in [1.29, 1.82) is 0 Å². The van der Waals surface area contributed by atoms with Gasteiger partial charge in [-0.1, -0.05) is 42.5 Å². The maximum absolute atomic E-state index is 14.0. The fourth-order valence-electron chi connectivity index (χ4n) is 4.30. The van der Waals surface area contributed by atoms with Gasteiger partial charge in [0.1, 0.15) is 0 Å². The Morgan fingerprint density at radius 3 is 2.34 bits per heavy atom. The number of aryl methyl sites for hydroxylation is 3. The van der Waals surface area contributed by atoms with Crippen LogP contribution in [0.25, 0.3) is 16.9 Å². The average Bonchev–Trinajstić information content (AvgIpc) is 3.41. The van der Waals surface area contributed by atoms with E-state index in [1.165, 1.54) is 6.07 Å². The van der Waals surface area contributed by atoms with E-state index in [0.717, 1.165) is 28.5 Å². The zero-order chi connectivity index (χ0) is 27.2. The first-order valence-electron chi connectivity index (χ1n) is 12.0. The molecule has 1 N–H and O–H groups in total. The topological polar surface area (TPSA) is 77.1 Å². The Morgan fingerprint density at radius 1 is 0.921 bits per heavy atom. The quantitative estimate of drug-likeness (QED) is 0.303. The maximum Gasteiger partial charge on any atom is 0.433 e. The van der Waals surface area contributed by atoms with Gasteiger partial charge >= 0.3 is 6.18 Å². The number of fused-ring (bicyclic) bond motifs is 1. The summed E-state index contributed by atoms with van der Waals surface area (Å²) in [5.41, 5.74) is 4.20. The third kappa shape index (κ3) is 4.77. The Labute approximate surface area is 216 Å². The molecule has 0 atom stereocenters. The number of aromatic nitrogens is 5. The van der Waals surface area contributed by atoms with Gasteiger partial charge in [-0.2, -0.15) is 23.4 Å². The van der Waals surface area contributed by atoms with E-state index < -0.39 is 17.8 Å². The molecule has 3 heterocycles. The predicted molar refractivity (Wildman–Crippen MR) is 138 cm³/mol. The largest absolute Gasteiger partial charge is 0.433 e. The monoisotopic (exact) mass is 518 g/mol. The number of alkyl halides is 3. The van der Waals surface area contributed by atoms with Crippen LogP contribution in [0.15, 0.2) is 60.7 Å². The van der Waals surface area contributed by atoms with Crippen LogP contribution in [0.2, 0.25) is 0 Å². The van der Waals surface area contributed by atoms with Crippen molar-refractivity contribution in [2.75, 3.05) is 5.32 Å². The molecule has 0 spiro atoms. The lowest BCUT2D eigenvalue weighted by Gasteiger charge is -2.11. The van der Waals surface area contributed by atoms with Crippen LogP contribution in [0.4, 0.5) is 18.9 Å². The van der Waals surface area contributed by atoms with Crippen molar-refractivity contribution in [2.24, 2.45) is 0 Å². The summed E-state index contributed by atoms with van der Waals surface area (Å²) in [6.07, 6.45) is -4.71. The molecule has 0 aliphatic heterocycles. The third-order valence-corrected chi connectivity index (χ3v) is 6.55. The summed E-state index contributed by atoms with van der Waals surface area (Å²) < 4.78 is 44.4. The highest BCUT2D eigenvalue weighted by Gasteiger charge is 2.36. The van der Waals surface area contributed by atoms with Gasteiger partial charge in [0.2, 0.25) is 0 Å². The minimum Gasteiger partial charge on any atom is -0.317 e. The second-order valence-corrected chi connectivity index (χ2v) is 9.27. The van der Waals surface area contributed by atoms with Gasteiger partial charge in [-0.3, -0.25) is 9.48 Å². The highest BCUT2D eigenvalue weighted by molar-refractivity contribution is 6.04. The van der Waals surface area contributed by atoms with Crippen LogP contribution in [0.5, 0.6) is 0 Å². The van der Waals surface area contributed by atoms with E-state index in [1.807, 2.05) is 57.2 Å². The lowest BCUT2D eigenvalue weighted by Crippen LogP contribution is -2.16. The summed E-state index contributed by atoms with van der Waals surface area (Å²) in [6, 6.07) is 17.3. The Morgan fingerprint density at radius 2 is 1.66 bits per heavy atom. The SMILES string of the molecule is Cc1ccc(-c2cc(C(F)(F)F)n3nc(C(=O)Nc4c(C)nn(Cc5ccccc5)c4C)cc3n2)cc1C. The molecule has 0 fully saturated rings. The van der Waals surface area contributed by atoms with Gasteiger partial charge in [0.25, 0.3) is 5.91 Å². The molecule has 0 saturated heterocycles. The van der Waals surface area contributed by atoms with Crippen LogP contribution in [-0.4, -0.2) is 30.3 Å². The first-order chi connectivity index (χ1) is 18.0. The van der Waals surface area contributed by atoms with Crippen LogP contribution in [0, 0.1) is 27.7 Å². The Hall–Kier alpha value is -4.47. The number of carbonyl (C=O) groups excluding carboxylic acids is 1. The number of nitrogens with one attached hydrogen (secondary N) is 1. The molecule has 1 amide bonds. The Balaban J connectivity index is 1.50. The van der Waals surface area contributed by atoms with E-state index in [0.29, 0.717) is 28.0 Å². The number of hydrogen-bond acceptors (Lipinski definition) is 4. The molecule has 10 heteroatoms. The fraction of sp³-hybridized carbons (Fsp3) is 0.214. The minimum atomic E-state index is -4.71. The second kappa shape index (κ2) is 9.44. The normalized spacial score (nSPS) is 11.8. The molecular formula is C28H25F3N6O. The lowest BCUT2D eigenvalue weighted by atomic mass is 10.0. The number of hydrogen-bond donors (Lipinski definition) is 1. The van der Waals surface area contributed by atoms with Gasteiger partial charge < -0.3 is 5.32 Å². The van der Waals surface area contributed by atoms with Crippen molar-refractivity contribution in [3.8, 4) is 11.3 Å². The summed E-state index contributed by atoms with van der Waals surface area (Å²) >= 11 is 0. The van der Waals surface area contributed by atoms with Gasteiger partial charge in [-0.25, -0.2) is 9.50 Å². The maximum atomic E-state index is 14.0. The van der Waals surface area contributed by atoms with Gasteiger partial charge in [0.15, 0.2) is 17.0 Å². The summed E-state index contributed by atoms with van der Waals surface area (Å²) in [7, 11) is 0. The summed E-state index contributed by atoms with van der Waals surface area (Å²) in [6.45, 7) is 7.90. The molecule has 0 aliphatic rings. The predicted octanol–water partition coefficient (Wildman–Crippen LogP) is 6.15. The van der Waals surface area contributed by atoms with E-state index >= 15 is 0 Å². The number of nitrogens with zero attached hydrogens (tertiary/aromatic N) is 5. The summed E-state index contributed by atoms with van der Waals surface area (Å²) in [4.78, 5) is 17.5. The standard InChI is InChI=1S/C28H25F3N6O/c1-16-10-11-21(12-17(16)2)22-13-24(28(29,30)31)37-25(32-22)14-23(35-37)27(38)33-26-18(3)34-36(19(26)4)15-20-8-6-5-7-9-20/h5-14H,15H2,1-4H3,(H,33,38). The van der Waals surface area contributed by atoms with Crippen molar-refractivity contribution in [3.05, 3.63) is 100 Å². The molecule has 7 nitrogen and oxygen atoms in total. The molecule has 0 aliphatic carbocycles. The molecular weight excluding hydrogens is 493 g/mol. The van der Waals surface area contributed by atoms with E-state index in [-0.39, 0.29) is 17.0 Å². The highest BCUT2D eigenvalue weighted by atomic mass is 19.4. The molecule has 0 saturated carbocycles. The summed E-state index contributed by atoms with van der Waals surface area (Å²) in [5, 5.41) is 11.3. The Bertz CT molecular complexity index is 1670. The van der Waals surface area contributed by atoms with E-state index in [9.17, 15) is 18.0 Å². The fourth-order valence-corrected chi connectivity index (χ4v) is 4.30. The van der Waals surface area contributed by atoms with Crippen LogP contribution in [-0.2, 0) is 12.7 Å². The smallest absolute Gasteiger partial charge is 0.317 e. The van der Waals surface area contributed by atoms with Crippen LogP contribution in [0.3, 0.4) is 0 Å². The first kappa shape index (κ1) is 25.2. The van der Waals surface area contributed by atoms with E-state index in [1.54, 1.807) is 23.7 Å². The lowest BCUT2D eigenvalue weighted by molar-refractivity contribution is -0.142. The first-order valence-corrected chi connectivity index (χ1v) is 12.0. The molecule has 38 heavy (non-hydrogen) atoms. The highest BCUT2D eigenvalue weighted by Crippen LogP contribution is 2.33. The molecule has 2 aromatic carbocycles. The molecule has 5 rings (SSSR count). The zero-order valence-electron chi connectivity index (χ0n) is 21.3. The molecule has 194 valence electrons. The van der Waals surface area contributed by atoms with Crippen molar-refractivity contribution in [1.82, 2.24) is 24.4 Å². The van der Waals surface area contributed by atoms with Gasteiger partial charge in [-0.15, -0.1) is 0 Å². The summed E-state index contributed by atoms with van der Waals surface area (Å²) in [5.74, 6) is -0.651. The average molecular weight is 519 g/mol. The van der Waals surface area contributed by atoms with Crippen LogP contribution < -0.4 is 5.32 Å². The number of halogens is 3. The molecule has 0 unspecified atom stereocenters. The third-order valence-electron chi connectivity index (χ3n) is 6.55. The van der Waals surface area contributed by atoms with Crippen molar-refractivity contribution < 1.29 is 18.0 Å². The van der Waals surface area contributed by atoms with Crippen LogP contribution in [0.1, 0.15) is 44.3 Å². The number of anilines is 1.